The van der Waals surface area contributed by atoms with Crippen molar-refractivity contribution in [3.05, 3.63) is 75.4 Å². The maximum Gasteiger partial charge on any atom is 0.243 e. The van der Waals surface area contributed by atoms with E-state index in [-0.39, 0.29) is 10.9 Å². The number of benzene rings is 2. The van der Waals surface area contributed by atoms with Crippen LogP contribution in [-0.2, 0) is 10.0 Å². The van der Waals surface area contributed by atoms with E-state index >= 15 is 0 Å². The zero-order valence-electron chi connectivity index (χ0n) is 18.2. The third-order valence-corrected chi connectivity index (χ3v) is 9.04. The molecule has 2 aromatic carbocycles. The first-order valence-electron chi connectivity index (χ1n) is 10.8. The van der Waals surface area contributed by atoms with Crippen LogP contribution < -0.4 is 0 Å². The Bertz CT molecular complexity index is 1500. The summed E-state index contributed by atoms with van der Waals surface area (Å²) < 4.78 is 30.1. The first-order chi connectivity index (χ1) is 16.3. The lowest BCUT2D eigenvalue weighted by atomic mass is 10.1. The largest absolute Gasteiger partial charge is 0.305 e. The molecule has 34 heavy (non-hydrogen) atoms. The van der Waals surface area contributed by atoms with E-state index in [0.29, 0.717) is 46.8 Å². The minimum atomic E-state index is -3.64. The van der Waals surface area contributed by atoms with Crippen molar-refractivity contribution in [3.8, 4) is 11.4 Å². The zero-order valence-corrected chi connectivity index (χ0v) is 21.3. The topological polar surface area (TPSA) is 68.1 Å². The van der Waals surface area contributed by atoms with Gasteiger partial charge in [-0.05, 0) is 67.8 Å². The number of halogens is 3. The molecule has 0 atom stereocenters. The first kappa shape index (κ1) is 23.6. The monoisotopic (exact) mass is 534 g/mol. The van der Waals surface area contributed by atoms with E-state index in [1.54, 1.807) is 30.5 Å². The van der Waals surface area contributed by atoms with Gasteiger partial charge in [0.25, 0.3) is 0 Å². The molecule has 0 N–H and O–H groups in total. The Hall–Kier alpha value is -2.16. The van der Waals surface area contributed by atoms with E-state index in [2.05, 4.69) is 9.55 Å². The molecule has 0 unspecified atom stereocenters. The van der Waals surface area contributed by atoms with Gasteiger partial charge in [0.2, 0.25) is 10.0 Å². The highest BCUT2D eigenvalue weighted by Crippen LogP contribution is 2.37. The van der Waals surface area contributed by atoms with Gasteiger partial charge in [-0.1, -0.05) is 40.9 Å². The van der Waals surface area contributed by atoms with Crippen LogP contribution in [-0.4, -0.2) is 40.3 Å². The number of fused-ring (bicyclic) bond motifs is 1. The van der Waals surface area contributed by atoms with Crippen LogP contribution in [0, 0.1) is 6.92 Å². The van der Waals surface area contributed by atoms with Gasteiger partial charge in [0.1, 0.15) is 11.3 Å². The molecule has 176 valence electrons. The Balaban J connectivity index is 1.48. The third-order valence-electron chi connectivity index (χ3n) is 6.19. The van der Waals surface area contributed by atoms with E-state index in [0.717, 1.165) is 22.3 Å². The molecule has 1 aliphatic rings. The molecule has 1 aliphatic heterocycles. The quantitative estimate of drug-likeness (QED) is 0.303. The van der Waals surface area contributed by atoms with E-state index in [4.69, 9.17) is 39.8 Å². The van der Waals surface area contributed by atoms with Crippen molar-refractivity contribution in [2.75, 3.05) is 13.1 Å². The van der Waals surface area contributed by atoms with Gasteiger partial charge in [0, 0.05) is 40.9 Å². The van der Waals surface area contributed by atoms with E-state index in [1.807, 2.05) is 25.1 Å². The predicted molar refractivity (Wildman–Crippen MR) is 136 cm³/mol. The SMILES string of the molecule is Cc1ccc(S(=O)(=O)N2CCC(n3c(-c4ccc(Cl)cc4Cl)nc4cccnc43)CC2)cc1Cl. The normalized spacial score (nSPS) is 15.8. The molecule has 10 heteroatoms. The van der Waals surface area contributed by atoms with Gasteiger partial charge in [0.15, 0.2) is 5.65 Å². The van der Waals surface area contributed by atoms with E-state index in [9.17, 15) is 8.42 Å². The number of rotatable bonds is 4. The molecule has 1 fully saturated rings. The van der Waals surface area contributed by atoms with Gasteiger partial charge in [-0.2, -0.15) is 4.31 Å². The summed E-state index contributed by atoms with van der Waals surface area (Å²) in [7, 11) is -3.64. The summed E-state index contributed by atoms with van der Waals surface area (Å²) in [5, 5.41) is 1.49. The van der Waals surface area contributed by atoms with Gasteiger partial charge >= 0.3 is 0 Å². The van der Waals surface area contributed by atoms with Crippen LogP contribution in [0.15, 0.2) is 59.6 Å². The second kappa shape index (κ2) is 9.13. The molecular formula is C24H21Cl3N4O2S. The van der Waals surface area contributed by atoms with Crippen molar-refractivity contribution in [2.24, 2.45) is 0 Å². The smallest absolute Gasteiger partial charge is 0.243 e. The highest BCUT2D eigenvalue weighted by Gasteiger charge is 2.32. The summed E-state index contributed by atoms with van der Waals surface area (Å²) in [4.78, 5) is 9.59. The second-order valence-corrected chi connectivity index (χ2v) is 11.5. The lowest BCUT2D eigenvalue weighted by Gasteiger charge is -2.32. The fraction of sp³-hybridized carbons (Fsp3) is 0.250. The van der Waals surface area contributed by atoms with Crippen LogP contribution in [0.3, 0.4) is 0 Å². The van der Waals surface area contributed by atoms with Gasteiger partial charge in [0.05, 0.1) is 9.92 Å². The average molecular weight is 536 g/mol. The maximum absolute atomic E-state index is 13.2. The molecule has 0 bridgehead atoms. The Morgan fingerprint density at radius 2 is 1.74 bits per heavy atom. The van der Waals surface area contributed by atoms with Crippen LogP contribution in [0.1, 0.15) is 24.4 Å². The molecule has 0 saturated carbocycles. The number of hydrogen-bond acceptors (Lipinski definition) is 4. The van der Waals surface area contributed by atoms with Crippen molar-refractivity contribution in [1.29, 1.82) is 0 Å². The van der Waals surface area contributed by atoms with Crippen LogP contribution in [0.2, 0.25) is 15.1 Å². The Morgan fingerprint density at radius 3 is 2.44 bits per heavy atom. The average Bonchev–Trinajstić information content (AvgIpc) is 3.20. The standard InChI is InChI=1S/C24H21Cl3N4O2S/c1-15-4-6-18(14-20(15)26)34(32,33)30-11-8-17(9-12-30)31-23(19-7-5-16(25)13-21(19)27)29-22-3-2-10-28-24(22)31/h2-7,10,13-14,17H,8-9,11-12H2,1H3. The molecule has 0 amide bonds. The number of piperidine rings is 1. The predicted octanol–water partition coefficient (Wildman–Crippen LogP) is 6.39. The lowest BCUT2D eigenvalue weighted by molar-refractivity contribution is 0.278. The fourth-order valence-corrected chi connectivity index (χ4v) is 6.59. The van der Waals surface area contributed by atoms with Gasteiger partial charge in [-0.15, -0.1) is 0 Å². The molecule has 1 saturated heterocycles. The number of pyridine rings is 1. The molecule has 0 aliphatic carbocycles. The van der Waals surface area contributed by atoms with Crippen LogP contribution in [0.5, 0.6) is 0 Å². The summed E-state index contributed by atoms with van der Waals surface area (Å²) >= 11 is 18.8. The van der Waals surface area contributed by atoms with Crippen molar-refractivity contribution in [3.63, 3.8) is 0 Å². The van der Waals surface area contributed by atoms with Crippen molar-refractivity contribution < 1.29 is 8.42 Å². The van der Waals surface area contributed by atoms with Crippen molar-refractivity contribution in [2.45, 2.75) is 30.7 Å². The minimum Gasteiger partial charge on any atom is -0.305 e. The molecule has 0 radical (unpaired) electrons. The summed E-state index contributed by atoms with van der Waals surface area (Å²) in [5.41, 5.74) is 3.10. The minimum absolute atomic E-state index is 0.00898. The van der Waals surface area contributed by atoms with Gasteiger partial charge in [-0.3, -0.25) is 0 Å². The van der Waals surface area contributed by atoms with Crippen LogP contribution >= 0.6 is 34.8 Å². The Labute approximate surface area is 213 Å². The summed E-state index contributed by atoms with van der Waals surface area (Å²) in [6.07, 6.45) is 2.95. The first-order valence-corrected chi connectivity index (χ1v) is 13.4. The molecule has 4 aromatic rings. The van der Waals surface area contributed by atoms with E-state index in [1.165, 1.54) is 10.4 Å². The van der Waals surface area contributed by atoms with Crippen molar-refractivity contribution in [1.82, 2.24) is 18.8 Å². The molecule has 6 nitrogen and oxygen atoms in total. The zero-order chi connectivity index (χ0) is 24.0. The van der Waals surface area contributed by atoms with Gasteiger partial charge < -0.3 is 4.57 Å². The Morgan fingerprint density at radius 1 is 0.971 bits per heavy atom. The summed E-state index contributed by atoms with van der Waals surface area (Å²) in [5.74, 6) is 0.696. The van der Waals surface area contributed by atoms with Crippen LogP contribution in [0.25, 0.3) is 22.6 Å². The fourth-order valence-electron chi connectivity index (χ4n) is 4.36. The highest BCUT2D eigenvalue weighted by atomic mass is 35.5. The Kier molecular flexibility index (Phi) is 6.33. The molecule has 3 heterocycles. The van der Waals surface area contributed by atoms with Gasteiger partial charge in [-0.25, -0.2) is 18.4 Å². The molecular weight excluding hydrogens is 515 g/mol. The summed E-state index contributed by atoms with van der Waals surface area (Å²) in [6, 6.07) is 13.9. The van der Waals surface area contributed by atoms with Crippen LogP contribution in [0.4, 0.5) is 0 Å². The lowest BCUT2D eigenvalue weighted by Crippen LogP contribution is -2.39. The molecule has 5 rings (SSSR count). The third kappa shape index (κ3) is 4.20. The number of aryl methyl sites for hydroxylation is 1. The number of sulfonamides is 1. The number of aromatic nitrogens is 3. The number of hydrogen-bond donors (Lipinski definition) is 0. The molecule has 2 aromatic heterocycles. The van der Waals surface area contributed by atoms with Crippen molar-refractivity contribution >= 4 is 56.0 Å². The number of nitrogens with zero attached hydrogens (tertiary/aromatic N) is 4. The highest BCUT2D eigenvalue weighted by molar-refractivity contribution is 7.89. The summed E-state index contributed by atoms with van der Waals surface area (Å²) in [6.45, 7) is 2.59. The van der Waals surface area contributed by atoms with E-state index < -0.39 is 10.0 Å². The number of imidazole rings is 1. The second-order valence-electron chi connectivity index (χ2n) is 8.32. The molecule has 0 spiro atoms. The maximum atomic E-state index is 13.2.